The number of phenols is 1. The van der Waals surface area contributed by atoms with Crippen molar-refractivity contribution in [2.24, 2.45) is 0 Å². The molecule has 1 N–H and O–H groups in total. The molecule has 0 aliphatic heterocycles. The molecule has 1 aromatic heterocycles. The number of aromatic hydroxyl groups is 1. The quantitative estimate of drug-likeness (QED) is 0.887. The number of nitrogens with zero attached hydrogens (tertiary/aromatic N) is 2. The van der Waals surface area contributed by atoms with Crippen LogP contribution in [-0.4, -0.2) is 21.8 Å². The minimum atomic E-state index is -0.373. The van der Waals surface area contributed by atoms with E-state index in [-0.39, 0.29) is 17.1 Å². The van der Waals surface area contributed by atoms with Gasteiger partial charge < -0.3 is 14.4 Å². The third-order valence-electron chi connectivity index (χ3n) is 2.65. The number of hydrogen-bond acceptors (Lipinski definition) is 4. The van der Waals surface area contributed by atoms with Gasteiger partial charge in [-0.25, -0.2) is 0 Å². The lowest BCUT2D eigenvalue weighted by atomic mass is 10.2. The van der Waals surface area contributed by atoms with Crippen LogP contribution in [0.3, 0.4) is 0 Å². The first-order chi connectivity index (χ1) is 8.60. The first kappa shape index (κ1) is 12.2. The van der Waals surface area contributed by atoms with Gasteiger partial charge in [-0.2, -0.15) is 4.98 Å². The van der Waals surface area contributed by atoms with Gasteiger partial charge in [0.2, 0.25) is 5.75 Å². The molecule has 0 radical (unpaired) electrons. The third-order valence-corrected chi connectivity index (χ3v) is 2.65. The first-order valence-corrected chi connectivity index (χ1v) is 5.50. The van der Waals surface area contributed by atoms with Gasteiger partial charge in [-0.3, -0.25) is 4.79 Å². The molecule has 5 heteroatoms. The Morgan fingerprint density at radius 2 is 2.22 bits per heavy atom. The maximum atomic E-state index is 11.4. The molecule has 0 bridgehead atoms. The van der Waals surface area contributed by atoms with Crippen LogP contribution in [0, 0.1) is 6.92 Å². The van der Waals surface area contributed by atoms with Gasteiger partial charge in [-0.15, -0.1) is 0 Å². The zero-order chi connectivity index (χ0) is 13.1. The lowest BCUT2D eigenvalue weighted by Crippen LogP contribution is -2.17. The van der Waals surface area contributed by atoms with Gasteiger partial charge in [-0.05, 0) is 24.6 Å². The maximum absolute atomic E-state index is 11.4. The number of methoxy groups -OCH3 is 1. The number of ether oxygens (including phenoxy) is 1. The molecule has 2 rings (SSSR count). The molecular weight excluding hydrogens is 232 g/mol. The fourth-order valence-corrected chi connectivity index (χ4v) is 1.71. The standard InChI is InChI=1S/C13H14N2O3/c1-9-14-13(17)12(18-2)8-15(9)7-10-4-3-5-11(16)6-10/h3-6,8,16H,7H2,1-2H3. The van der Waals surface area contributed by atoms with Crippen molar-refractivity contribution < 1.29 is 9.84 Å². The Morgan fingerprint density at radius 3 is 2.89 bits per heavy atom. The van der Waals surface area contributed by atoms with E-state index >= 15 is 0 Å². The smallest absolute Gasteiger partial charge is 0.315 e. The van der Waals surface area contributed by atoms with E-state index in [2.05, 4.69) is 4.98 Å². The van der Waals surface area contributed by atoms with E-state index in [1.165, 1.54) is 7.11 Å². The summed E-state index contributed by atoms with van der Waals surface area (Å²) in [5.41, 5.74) is 0.549. The summed E-state index contributed by atoms with van der Waals surface area (Å²) in [5.74, 6) is 1.02. The fraction of sp³-hybridized carbons (Fsp3) is 0.231. The van der Waals surface area contributed by atoms with Gasteiger partial charge >= 0.3 is 5.56 Å². The summed E-state index contributed by atoms with van der Waals surface area (Å²) in [6, 6.07) is 6.95. The van der Waals surface area contributed by atoms with Crippen molar-refractivity contribution in [3.8, 4) is 11.5 Å². The Kier molecular flexibility index (Phi) is 3.32. The molecule has 0 aliphatic carbocycles. The van der Waals surface area contributed by atoms with Crippen LogP contribution in [0.4, 0.5) is 0 Å². The molecule has 18 heavy (non-hydrogen) atoms. The Bertz CT molecular complexity index is 620. The van der Waals surface area contributed by atoms with Crippen LogP contribution in [0.5, 0.6) is 11.5 Å². The largest absolute Gasteiger partial charge is 0.508 e. The van der Waals surface area contributed by atoms with Gasteiger partial charge in [-0.1, -0.05) is 12.1 Å². The van der Waals surface area contributed by atoms with Crippen molar-refractivity contribution in [1.82, 2.24) is 9.55 Å². The number of aromatic nitrogens is 2. The average Bonchev–Trinajstić information content (AvgIpc) is 2.33. The Balaban J connectivity index is 2.37. The van der Waals surface area contributed by atoms with Crippen molar-refractivity contribution in [2.75, 3.05) is 7.11 Å². The summed E-state index contributed by atoms with van der Waals surface area (Å²) in [4.78, 5) is 15.3. The van der Waals surface area contributed by atoms with E-state index in [1.54, 1.807) is 35.9 Å². The first-order valence-electron chi connectivity index (χ1n) is 5.50. The predicted octanol–water partition coefficient (Wildman–Crippen LogP) is 1.31. The summed E-state index contributed by atoms with van der Waals surface area (Å²) in [5, 5.41) is 9.41. The van der Waals surface area contributed by atoms with Gasteiger partial charge in [0, 0.05) is 6.54 Å². The van der Waals surface area contributed by atoms with E-state index in [0.29, 0.717) is 12.4 Å². The normalized spacial score (nSPS) is 10.3. The maximum Gasteiger partial charge on any atom is 0.315 e. The second kappa shape index (κ2) is 4.91. The van der Waals surface area contributed by atoms with Crippen LogP contribution >= 0.6 is 0 Å². The van der Waals surface area contributed by atoms with Gasteiger partial charge in [0.15, 0.2) is 0 Å². The predicted molar refractivity (Wildman–Crippen MR) is 67.0 cm³/mol. The highest BCUT2D eigenvalue weighted by molar-refractivity contribution is 5.27. The number of phenolic OH excluding ortho intramolecular Hbond substituents is 1. The van der Waals surface area contributed by atoms with E-state index in [1.807, 2.05) is 6.07 Å². The number of hydrogen-bond donors (Lipinski definition) is 1. The molecule has 94 valence electrons. The molecule has 1 heterocycles. The molecule has 0 fully saturated rings. The van der Waals surface area contributed by atoms with E-state index in [4.69, 9.17) is 4.74 Å². The minimum Gasteiger partial charge on any atom is -0.508 e. The molecule has 0 saturated carbocycles. The van der Waals surface area contributed by atoms with Crippen molar-refractivity contribution >= 4 is 0 Å². The summed E-state index contributed by atoms with van der Waals surface area (Å²) in [7, 11) is 1.44. The highest BCUT2D eigenvalue weighted by Gasteiger charge is 2.06. The molecule has 1 aromatic carbocycles. The molecule has 2 aromatic rings. The lowest BCUT2D eigenvalue weighted by molar-refractivity contribution is 0.400. The van der Waals surface area contributed by atoms with Crippen LogP contribution in [-0.2, 0) is 6.54 Å². The van der Waals surface area contributed by atoms with Crippen molar-refractivity contribution in [2.45, 2.75) is 13.5 Å². The summed E-state index contributed by atoms with van der Waals surface area (Å²) >= 11 is 0. The number of rotatable bonds is 3. The molecule has 0 aliphatic rings. The molecule has 0 spiro atoms. The SMILES string of the molecule is COc1cn(Cc2cccc(O)c2)c(C)nc1=O. The number of aryl methyl sites for hydroxylation is 1. The molecule has 0 atom stereocenters. The summed E-state index contributed by atoms with van der Waals surface area (Å²) < 4.78 is 6.76. The Hall–Kier alpha value is -2.30. The minimum absolute atomic E-state index is 0.209. The van der Waals surface area contributed by atoms with Crippen LogP contribution in [0.1, 0.15) is 11.4 Å². The highest BCUT2D eigenvalue weighted by Crippen LogP contribution is 2.13. The van der Waals surface area contributed by atoms with Gasteiger partial charge in [0.1, 0.15) is 11.6 Å². The monoisotopic (exact) mass is 246 g/mol. The zero-order valence-corrected chi connectivity index (χ0v) is 10.3. The van der Waals surface area contributed by atoms with Crippen molar-refractivity contribution in [3.05, 3.63) is 52.2 Å². The average molecular weight is 246 g/mol. The van der Waals surface area contributed by atoms with Crippen molar-refractivity contribution in [1.29, 1.82) is 0 Å². The van der Waals surface area contributed by atoms with Crippen LogP contribution in [0.15, 0.2) is 35.3 Å². The summed E-state index contributed by atoms with van der Waals surface area (Å²) in [6.07, 6.45) is 1.62. The molecule has 5 nitrogen and oxygen atoms in total. The second-order valence-electron chi connectivity index (χ2n) is 3.96. The van der Waals surface area contributed by atoms with Crippen LogP contribution < -0.4 is 10.3 Å². The molecule has 0 unspecified atom stereocenters. The third kappa shape index (κ3) is 2.51. The molecular formula is C13H14N2O3. The van der Waals surface area contributed by atoms with Crippen LogP contribution in [0.25, 0.3) is 0 Å². The lowest BCUT2D eigenvalue weighted by Gasteiger charge is -2.11. The van der Waals surface area contributed by atoms with Gasteiger partial charge in [0.25, 0.3) is 0 Å². The zero-order valence-electron chi connectivity index (χ0n) is 10.3. The number of benzene rings is 1. The van der Waals surface area contributed by atoms with E-state index in [0.717, 1.165) is 5.56 Å². The van der Waals surface area contributed by atoms with E-state index < -0.39 is 0 Å². The van der Waals surface area contributed by atoms with E-state index in [9.17, 15) is 9.90 Å². The second-order valence-corrected chi connectivity index (χ2v) is 3.96. The molecule has 0 saturated heterocycles. The van der Waals surface area contributed by atoms with Crippen molar-refractivity contribution in [3.63, 3.8) is 0 Å². The summed E-state index contributed by atoms with van der Waals surface area (Å²) in [6.45, 7) is 2.27. The fourth-order valence-electron chi connectivity index (χ4n) is 1.71. The topological polar surface area (TPSA) is 64.3 Å². The Labute approximate surface area is 104 Å². The highest BCUT2D eigenvalue weighted by atomic mass is 16.5. The molecule has 0 amide bonds. The van der Waals surface area contributed by atoms with Gasteiger partial charge in [0.05, 0.1) is 13.3 Å². The Morgan fingerprint density at radius 1 is 1.44 bits per heavy atom. The van der Waals surface area contributed by atoms with Crippen LogP contribution in [0.2, 0.25) is 0 Å².